The number of aromatic nitrogens is 4. The minimum Gasteiger partial charge on any atom is -0.283 e. The van der Waals surface area contributed by atoms with Gasteiger partial charge in [0.25, 0.3) is 0 Å². The molecule has 1 aliphatic rings. The third-order valence-electron chi connectivity index (χ3n) is 9.54. The molecule has 2 heterocycles. The fourth-order valence-electron chi connectivity index (χ4n) is 7.10. The Bertz CT molecular complexity index is 2640. The Morgan fingerprint density at radius 3 is 1.76 bits per heavy atom. The summed E-state index contributed by atoms with van der Waals surface area (Å²) in [6.45, 7) is 8.41. The van der Waals surface area contributed by atoms with Crippen LogP contribution in [-0.4, -0.2) is 19.9 Å². The first-order valence-corrected chi connectivity index (χ1v) is 16.6. The lowest BCUT2D eigenvalue weighted by molar-refractivity contribution is 0.864. The van der Waals surface area contributed by atoms with Crippen LogP contribution in [0.3, 0.4) is 0 Å². The summed E-state index contributed by atoms with van der Waals surface area (Å²) in [5, 5.41) is 12.7. The van der Waals surface area contributed by atoms with Crippen LogP contribution in [0.2, 0.25) is 0 Å². The van der Waals surface area contributed by atoms with E-state index in [1.807, 2.05) is 121 Å². The van der Waals surface area contributed by atoms with Crippen molar-refractivity contribution in [3.8, 4) is 73.6 Å². The average molecular weight is 651 g/mol. The largest absolute Gasteiger partial charge is 0.367 e. The number of hydrogen-bond donors (Lipinski definition) is 0. The van der Waals surface area contributed by atoms with Gasteiger partial charge in [-0.3, -0.25) is 9.83 Å². The molecular formula is C45H26N6. The molecule has 0 saturated heterocycles. The standard InChI is InChI=1S/C45H26N6/c1-47-45(28-46)40-26-32(19-20-38(40)39-21-18-29-11-8-9-17-37(29)41(39)45)34-23-35(33-16-10-22-48-27-33)25-36(24-34)44-50-42(30-12-4-2-5-13-30)49-43(51-44)31-14-6-3-7-15-31/h2-27H. The van der Waals surface area contributed by atoms with Crippen molar-refractivity contribution in [1.29, 1.82) is 5.26 Å². The van der Waals surface area contributed by atoms with Gasteiger partial charge in [0.1, 0.15) is 0 Å². The molecule has 236 valence electrons. The highest BCUT2D eigenvalue weighted by atomic mass is 15.0. The van der Waals surface area contributed by atoms with Gasteiger partial charge in [-0.2, -0.15) is 5.26 Å². The Kier molecular flexibility index (Phi) is 7.02. The lowest BCUT2D eigenvalue weighted by Crippen LogP contribution is -2.18. The lowest BCUT2D eigenvalue weighted by Gasteiger charge is -2.15. The maximum absolute atomic E-state index is 10.8. The summed E-state index contributed by atoms with van der Waals surface area (Å²) in [5.41, 5.74) is 8.01. The first-order valence-electron chi connectivity index (χ1n) is 16.6. The summed E-state index contributed by atoms with van der Waals surface area (Å²) >= 11 is 0. The highest BCUT2D eigenvalue weighted by Crippen LogP contribution is 2.53. The summed E-state index contributed by atoms with van der Waals surface area (Å²) in [6, 6.07) is 50.7. The Morgan fingerprint density at radius 1 is 0.529 bits per heavy atom. The van der Waals surface area contributed by atoms with Gasteiger partial charge in [-0.15, -0.1) is 0 Å². The first kappa shape index (κ1) is 29.8. The molecule has 6 aromatic carbocycles. The van der Waals surface area contributed by atoms with E-state index in [0.717, 1.165) is 66.4 Å². The van der Waals surface area contributed by atoms with E-state index < -0.39 is 5.54 Å². The maximum atomic E-state index is 10.8. The Morgan fingerprint density at radius 2 is 1.12 bits per heavy atom. The quantitative estimate of drug-likeness (QED) is 0.173. The fourth-order valence-corrected chi connectivity index (χ4v) is 7.10. The van der Waals surface area contributed by atoms with E-state index in [2.05, 4.69) is 46.2 Å². The first-order chi connectivity index (χ1) is 25.1. The zero-order valence-corrected chi connectivity index (χ0v) is 27.2. The number of pyridine rings is 1. The van der Waals surface area contributed by atoms with Gasteiger partial charge in [0.05, 0.1) is 11.1 Å². The Labute approximate surface area is 294 Å². The summed E-state index contributed by atoms with van der Waals surface area (Å²) in [5.74, 6) is 1.68. The number of nitriles is 1. The van der Waals surface area contributed by atoms with E-state index in [4.69, 9.17) is 21.5 Å². The van der Waals surface area contributed by atoms with Gasteiger partial charge >= 0.3 is 5.54 Å². The van der Waals surface area contributed by atoms with Crippen LogP contribution >= 0.6 is 0 Å². The zero-order valence-electron chi connectivity index (χ0n) is 27.2. The molecule has 6 heteroatoms. The highest BCUT2D eigenvalue weighted by molar-refractivity contribution is 5.99. The number of nitrogens with zero attached hydrogens (tertiary/aromatic N) is 6. The molecule has 0 aliphatic heterocycles. The molecular weight excluding hydrogens is 625 g/mol. The van der Waals surface area contributed by atoms with E-state index in [1.54, 1.807) is 6.20 Å². The van der Waals surface area contributed by atoms with Crippen molar-refractivity contribution >= 4 is 10.8 Å². The molecule has 0 saturated carbocycles. The van der Waals surface area contributed by atoms with Crippen LogP contribution < -0.4 is 0 Å². The smallest absolute Gasteiger partial charge is 0.283 e. The third-order valence-corrected chi connectivity index (χ3v) is 9.54. The van der Waals surface area contributed by atoms with E-state index in [-0.39, 0.29) is 0 Å². The second-order valence-corrected chi connectivity index (χ2v) is 12.5. The molecule has 0 N–H and O–H groups in total. The van der Waals surface area contributed by atoms with Crippen LogP contribution in [0.25, 0.3) is 83.2 Å². The minimum atomic E-state index is -1.48. The lowest BCUT2D eigenvalue weighted by atomic mass is 9.85. The molecule has 1 unspecified atom stereocenters. The van der Waals surface area contributed by atoms with Crippen LogP contribution in [0.5, 0.6) is 0 Å². The van der Waals surface area contributed by atoms with Gasteiger partial charge in [0.15, 0.2) is 23.5 Å². The van der Waals surface area contributed by atoms with E-state index in [1.165, 1.54) is 0 Å². The number of benzene rings is 6. The Hall–Kier alpha value is -7.28. The van der Waals surface area contributed by atoms with E-state index in [0.29, 0.717) is 23.0 Å². The van der Waals surface area contributed by atoms with Gasteiger partial charge in [-0.1, -0.05) is 115 Å². The summed E-state index contributed by atoms with van der Waals surface area (Å²) in [6.07, 6.45) is 3.59. The van der Waals surface area contributed by atoms with Crippen molar-refractivity contribution in [2.45, 2.75) is 5.54 Å². The van der Waals surface area contributed by atoms with Crippen LogP contribution in [0.1, 0.15) is 11.1 Å². The molecule has 9 rings (SSSR count). The van der Waals surface area contributed by atoms with Gasteiger partial charge in [0.2, 0.25) is 0 Å². The second kappa shape index (κ2) is 12.0. The molecule has 0 spiro atoms. The van der Waals surface area contributed by atoms with Crippen LogP contribution in [-0.2, 0) is 5.54 Å². The fraction of sp³-hybridized carbons (Fsp3) is 0.0222. The van der Waals surface area contributed by atoms with E-state index in [9.17, 15) is 5.26 Å². The molecule has 2 aromatic heterocycles. The number of fused-ring (bicyclic) bond motifs is 5. The van der Waals surface area contributed by atoms with Crippen molar-refractivity contribution in [3.63, 3.8) is 0 Å². The van der Waals surface area contributed by atoms with Crippen LogP contribution in [0.15, 0.2) is 158 Å². The predicted octanol–water partition coefficient (Wildman–Crippen LogP) is 10.4. The molecule has 0 amide bonds. The van der Waals surface area contributed by atoms with Gasteiger partial charge < -0.3 is 0 Å². The van der Waals surface area contributed by atoms with E-state index >= 15 is 0 Å². The topological polar surface area (TPSA) is 79.7 Å². The molecule has 0 radical (unpaired) electrons. The third kappa shape index (κ3) is 4.94. The Balaban J connectivity index is 1.26. The molecule has 8 aromatic rings. The maximum Gasteiger partial charge on any atom is 0.367 e. The summed E-state index contributed by atoms with van der Waals surface area (Å²) in [4.78, 5) is 23.4. The zero-order chi connectivity index (χ0) is 34.4. The van der Waals surface area contributed by atoms with Crippen LogP contribution in [0.4, 0.5) is 0 Å². The SMILES string of the molecule is [C-]#[N+]C1(C#N)c2cc(-c3cc(-c4cccnc4)cc(-c4nc(-c5ccccc5)nc(-c5ccccc5)n4)c3)ccc2-c2ccc3ccccc3c21. The van der Waals surface area contributed by atoms with Crippen molar-refractivity contribution in [2.24, 2.45) is 0 Å². The van der Waals surface area contributed by atoms with Crippen molar-refractivity contribution in [1.82, 2.24) is 19.9 Å². The summed E-state index contributed by atoms with van der Waals surface area (Å²) in [7, 11) is 0. The van der Waals surface area contributed by atoms with Crippen molar-refractivity contribution in [3.05, 3.63) is 181 Å². The number of hydrogen-bond acceptors (Lipinski definition) is 5. The second-order valence-electron chi connectivity index (χ2n) is 12.5. The predicted molar refractivity (Wildman–Crippen MR) is 201 cm³/mol. The molecule has 6 nitrogen and oxygen atoms in total. The minimum absolute atomic E-state index is 0.530. The molecule has 1 aliphatic carbocycles. The van der Waals surface area contributed by atoms with Crippen molar-refractivity contribution in [2.75, 3.05) is 0 Å². The normalized spacial score (nSPS) is 14.3. The average Bonchev–Trinajstić information content (AvgIpc) is 3.51. The van der Waals surface area contributed by atoms with Crippen LogP contribution in [0, 0.1) is 17.9 Å². The van der Waals surface area contributed by atoms with Crippen molar-refractivity contribution < 1.29 is 0 Å². The van der Waals surface area contributed by atoms with Gasteiger partial charge in [-0.05, 0) is 68.9 Å². The summed E-state index contributed by atoms with van der Waals surface area (Å²) < 4.78 is 0. The molecule has 0 bridgehead atoms. The van der Waals surface area contributed by atoms with Gasteiger partial charge in [0, 0.05) is 34.6 Å². The van der Waals surface area contributed by atoms with Gasteiger partial charge in [-0.25, -0.2) is 21.5 Å². The monoisotopic (exact) mass is 650 g/mol. The molecule has 51 heavy (non-hydrogen) atoms. The molecule has 1 atom stereocenters. The molecule has 0 fully saturated rings. The number of rotatable bonds is 5. The highest BCUT2D eigenvalue weighted by Gasteiger charge is 2.51.